The molecule has 0 saturated carbocycles. The van der Waals surface area contributed by atoms with Gasteiger partial charge in [-0.2, -0.15) is 0 Å². The van der Waals surface area contributed by atoms with Crippen molar-refractivity contribution in [1.82, 2.24) is 10.3 Å². The van der Waals surface area contributed by atoms with Gasteiger partial charge in [-0.3, -0.25) is 4.98 Å². The quantitative estimate of drug-likeness (QED) is 0.444. The summed E-state index contributed by atoms with van der Waals surface area (Å²) in [5, 5.41) is 7.92. The fraction of sp³-hybridized carbons (Fsp3) is 0.120. The van der Waals surface area contributed by atoms with Gasteiger partial charge in [0.05, 0.1) is 6.61 Å². The normalized spacial score (nSPS) is 10.6. The summed E-state index contributed by atoms with van der Waals surface area (Å²) in [6.07, 6.45) is 3.65. The van der Waals surface area contributed by atoms with E-state index < -0.39 is 0 Å². The van der Waals surface area contributed by atoms with Gasteiger partial charge >= 0.3 is 6.03 Å². The number of rotatable bonds is 6. The largest absolute Gasteiger partial charge is 0.494 e. The van der Waals surface area contributed by atoms with Crippen molar-refractivity contribution in [3.05, 3.63) is 90.8 Å². The molecule has 150 valence electrons. The Kier molecular flexibility index (Phi) is 5.90. The first-order chi connectivity index (χ1) is 14.7. The number of fused-ring (bicyclic) bond motifs is 1. The van der Waals surface area contributed by atoms with Crippen molar-refractivity contribution in [3.63, 3.8) is 0 Å². The minimum absolute atomic E-state index is 0.261. The lowest BCUT2D eigenvalue weighted by molar-refractivity contribution is 0.252. The second-order valence-electron chi connectivity index (χ2n) is 6.82. The summed E-state index contributed by atoms with van der Waals surface area (Å²) in [7, 11) is 0. The van der Waals surface area contributed by atoms with E-state index in [0.29, 0.717) is 18.8 Å². The van der Waals surface area contributed by atoms with Crippen LogP contribution in [0.2, 0.25) is 0 Å². The lowest BCUT2D eigenvalue weighted by atomic mass is 9.96. The molecule has 0 aliphatic carbocycles. The van der Waals surface area contributed by atoms with E-state index in [2.05, 4.69) is 33.8 Å². The summed E-state index contributed by atoms with van der Waals surface area (Å²) >= 11 is 0. The van der Waals surface area contributed by atoms with Crippen LogP contribution in [-0.4, -0.2) is 17.6 Å². The van der Waals surface area contributed by atoms with E-state index in [4.69, 9.17) is 4.74 Å². The predicted octanol–water partition coefficient (Wildman–Crippen LogP) is 5.62. The van der Waals surface area contributed by atoms with Gasteiger partial charge in [0, 0.05) is 30.0 Å². The van der Waals surface area contributed by atoms with E-state index in [1.165, 1.54) is 0 Å². The van der Waals surface area contributed by atoms with Crippen molar-refractivity contribution < 1.29 is 9.53 Å². The van der Waals surface area contributed by atoms with Crippen LogP contribution in [0.3, 0.4) is 0 Å². The molecule has 4 aromatic rings. The molecule has 0 atom stereocenters. The van der Waals surface area contributed by atoms with Crippen molar-refractivity contribution in [2.75, 3.05) is 11.9 Å². The van der Waals surface area contributed by atoms with Crippen LogP contribution < -0.4 is 15.4 Å². The van der Waals surface area contributed by atoms with Gasteiger partial charge in [-0.15, -0.1) is 0 Å². The molecule has 0 spiro atoms. The van der Waals surface area contributed by atoms with E-state index in [1.54, 1.807) is 6.20 Å². The number of aromatic nitrogens is 1. The summed E-state index contributed by atoms with van der Waals surface area (Å²) in [5.41, 5.74) is 4.03. The van der Waals surface area contributed by atoms with Gasteiger partial charge < -0.3 is 15.4 Å². The van der Waals surface area contributed by atoms with Gasteiger partial charge in [-0.1, -0.05) is 42.5 Å². The highest BCUT2D eigenvalue weighted by molar-refractivity contribution is 5.98. The number of amides is 2. The Morgan fingerprint density at radius 2 is 1.73 bits per heavy atom. The van der Waals surface area contributed by atoms with Gasteiger partial charge in [0.15, 0.2) is 0 Å². The van der Waals surface area contributed by atoms with Crippen LogP contribution in [0.1, 0.15) is 12.5 Å². The van der Waals surface area contributed by atoms with Crippen molar-refractivity contribution in [2.45, 2.75) is 13.5 Å². The molecule has 0 fully saturated rings. The monoisotopic (exact) mass is 397 g/mol. The third-order valence-electron chi connectivity index (χ3n) is 4.86. The minimum atomic E-state index is -0.261. The smallest absolute Gasteiger partial charge is 0.319 e. The van der Waals surface area contributed by atoms with Crippen LogP contribution in [0.4, 0.5) is 10.5 Å². The van der Waals surface area contributed by atoms with Crippen LogP contribution in [0.15, 0.2) is 85.2 Å². The van der Waals surface area contributed by atoms with Crippen molar-refractivity contribution in [2.24, 2.45) is 0 Å². The SMILES string of the molecule is CCOc1ccc(NC(=O)NCc2ccc(-c3ccccc3)c3ccncc23)cc1. The van der Waals surface area contributed by atoms with Crippen LogP contribution >= 0.6 is 0 Å². The molecule has 2 N–H and O–H groups in total. The molecule has 0 aliphatic rings. The second kappa shape index (κ2) is 9.09. The average Bonchev–Trinajstić information content (AvgIpc) is 2.79. The number of anilines is 1. The molecule has 5 nitrogen and oxygen atoms in total. The molecular weight excluding hydrogens is 374 g/mol. The van der Waals surface area contributed by atoms with Crippen molar-refractivity contribution in [3.8, 4) is 16.9 Å². The molecule has 4 rings (SSSR count). The van der Waals surface area contributed by atoms with Gasteiger partial charge in [-0.25, -0.2) is 4.79 Å². The average molecular weight is 397 g/mol. The number of urea groups is 1. The highest BCUT2D eigenvalue weighted by Crippen LogP contribution is 2.30. The number of benzene rings is 3. The topological polar surface area (TPSA) is 63.2 Å². The molecule has 0 bridgehead atoms. The summed E-state index contributed by atoms with van der Waals surface area (Å²) in [6, 6.07) is 23.5. The van der Waals surface area contributed by atoms with E-state index >= 15 is 0 Å². The molecule has 2 amide bonds. The summed E-state index contributed by atoms with van der Waals surface area (Å²) in [5.74, 6) is 0.779. The zero-order chi connectivity index (χ0) is 20.8. The number of hydrogen-bond donors (Lipinski definition) is 2. The Morgan fingerprint density at radius 3 is 2.50 bits per heavy atom. The Balaban J connectivity index is 1.48. The van der Waals surface area contributed by atoms with E-state index in [1.807, 2.05) is 67.7 Å². The van der Waals surface area contributed by atoms with Gasteiger partial charge in [0.2, 0.25) is 0 Å². The highest BCUT2D eigenvalue weighted by Gasteiger charge is 2.09. The zero-order valence-corrected chi connectivity index (χ0v) is 16.8. The fourth-order valence-electron chi connectivity index (χ4n) is 3.42. The number of nitrogens with zero attached hydrogens (tertiary/aromatic N) is 1. The maximum Gasteiger partial charge on any atom is 0.319 e. The third-order valence-corrected chi connectivity index (χ3v) is 4.86. The number of ether oxygens (including phenoxy) is 1. The number of carbonyl (C=O) groups excluding carboxylic acids is 1. The maximum absolute atomic E-state index is 12.4. The molecule has 1 aromatic heterocycles. The second-order valence-corrected chi connectivity index (χ2v) is 6.82. The Hall–Kier alpha value is -3.86. The molecular formula is C25H23N3O2. The first kappa shape index (κ1) is 19.5. The number of hydrogen-bond acceptors (Lipinski definition) is 3. The lowest BCUT2D eigenvalue weighted by Crippen LogP contribution is -2.28. The summed E-state index contributed by atoms with van der Waals surface area (Å²) in [6.45, 7) is 2.95. The zero-order valence-electron chi connectivity index (χ0n) is 16.8. The van der Waals surface area contributed by atoms with Crippen molar-refractivity contribution >= 4 is 22.5 Å². The van der Waals surface area contributed by atoms with Crippen LogP contribution in [0.5, 0.6) is 5.75 Å². The van der Waals surface area contributed by atoms with E-state index in [-0.39, 0.29) is 6.03 Å². The molecule has 5 heteroatoms. The Labute approximate surface area is 175 Å². The third kappa shape index (κ3) is 4.41. The molecule has 30 heavy (non-hydrogen) atoms. The lowest BCUT2D eigenvalue weighted by Gasteiger charge is -2.13. The van der Waals surface area contributed by atoms with Crippen LogP contribution in [-0.2, 0) is 6.54 Å². The molecule has 0 radical (unpaired) electrons. The van der Waals surface area contributed by atoms with Crippen LogP contribution in [0, 0.1) is 0 Å². The van der Waals surface area contributed by atoms with E-state index in [9.17, 15) is 4.79 Å². The van der Waals surface area contributed by atoms with Gasteiger partial charge in [0.1, 0.15) is 5.75 Å². The standard InChI is InChI=1S/C25H23N3O2/c1-2-30-21-11-9-20(10-12-21)28-25(29)27-16-19-8-13-22(18-6-4-3-5-7-18)23-14-15-26-17-24(19)23/h3-15,17H,2,16H2,1H3,(H2,27,28,29). The van der Waals surface area contributed by atoms with Gasteiger partial charge in [0.25, 0.3) is 0 Å². The fourth-order valence-corrected chi connectivity index (χ4v) is 3.42. The maximum atomic E-state index is 12.4. The van der Waals surface area contributed by atoms with Crippen LogP contribution in [0.25, 0.3) is 21.9 Å². The minimum Gasteiger partial charge on any atom is -0.494 e. The first-order valence-corrected chi connectivity index (χ1v) is 9.93. The number of nitrogens with one attached hydrogen (secondary N) is 2. The molecule has 0 aliphatic heterocycles. The molecule has 3 aromatic carbocycles. The van der Waals surface area contributed by atoms with Gasteiger partial charge in [-0.05, 0) is 59.3 Å². The Bertz CT molecular complexity index is 1140. The summed E-state index contributed by atoms with van der Waals surface area (Å²) in [4.78, 5) is 16.6. The number of pyridine rings is 1. The first-order valence-electron chi connectivity index (χ1n) is 9.93. The van der Waals surface area contributed by atoms with E-state index in [0.717, 1.165) is 33.2 Å². The van der Waals surface area contributed by atoms with Crippen molar-refractivity contribution in [1.29, 1.82) is 0 Å². The molecule has 1 heterocycles. The highest BCUT2D eigenvalue weighted by atomic mass is 16.5. The Morgan fingerprint density at radius 1 is 0.933 bits per heavy atom. The molecule has 0 saturated heterocycles. The summed E-state index contributed by atoms with van der Waals surface area (Å²) < 4.78 is 5.42. The number of carbonyl (C=O) groups is 1. The molecule has 0 unspecified atom stereocenters. The predicted molar refractivity (Wildman–Crippen MR) is 121 cm³/mol.